The van der Waals surface area contributed by atoms with Gasteiger partial charge in [0.15, 0.2) is 11.5 Å². The lowest BCUT2D eigenvalue weighted by molar-refractivity contribution is 0.476. The summed E-state index contributed by atoms with van der Waals surface area (Å²) in [6, 6.07) is 79.1. The van der Waals surface area contributed by atoms with Crippen LogP contribution in [0.4, 0.5) is 17.1 Å². The molecule has 0 saturated heterocycles. The van der Waals surface area contributed by atoms with Crippen LogP contribution >= 0.6 is 0 Å². The number of benzene rings is 9. The highest BCUT2D eigenvalue weighted by Crippen LogP contribution is 2.56. The molecule has 0 spiro atoms. The molecule has 9 aromatic carbocycles. The van der Waals surface area contributed by atoms with Gasteiger partial charge in [-0.1, -0.05) is 158 Å². The second kappa shape index (κ2) is 12.7. The number of fused-ring (bicyclic) bond motifs is 8. The van der Waals surface area contributed by atoms with Gasteiger partial charge in [0.25, 0.3) is 0 Å². The third-order valence-electron chi connectivity index (χ3n) is 12.3. The van der Waals surface area contributed by atoms with Crippen molar-refractivity contribution >= 4 is 38.9 Å². The zero-order valence-corrected chi connectivity index (χ0v) is 31.6. The molecule has 1 aliphatic heterocycles. The number of ether oxygens (including phenoxy) is 1. The van der Waals surface area contributed by atoms with Crippen LogP contribution in [0.15, 0.2) is 218 Å². The summed E-state index contributed by atoms with van der Waals surface area (Å²) in [5.41, 5.74) is 16.2. The summed E-state index contributed by atoms with van der Waals surface area (Å²) in [5, 5.41) is 2.44. The summed E-state index contributed by atoms with van der Waals surface area (Å²) >= 11 is 0. The Balaban J connectivity index is 0.935. The monoisotopic (exact) mass is 740 g/mol. The summed E-state index contributed by atoms with van der Waals surface area (Å²) < 4.78 is 8.96. The summed E-state index contributed by atoms with van der Waals surface area (Å²) in [6.45, 7) is 0. The van der Waals surface area contributed by atoms with Crippen molar-refractivity contribution in [1.82, 2.24) is 4.57 Å². The first-order chi connectivity index (χ1) is 28.8. The minimum absolute atomic E-state index is 0.437. The van der Waals surface area contributed by atoms with Crippen LogP contribution in [0.25, 0.3) is 49.7 Å². The number of rotatable bonds is 6. The quantitative estimate of drug-likeness (QED) is 0.169. The highest BCUT2D eigenvalue weighted by atomic mass is 16.5. The Morgan fingerprint density at radius 1 is 0.397 bits per heavy atom. The minimum atomic E-state index is -0.437. The van der Waals surface area contributed by atoms with E-state index in [1.54, 1.807) is 0 Å². The topological polar surface area (TPSA) is 17.4 Å². The first-order valence-electron chi connectivity index (χ1n) is 19.9. The van der Waals surface area contributed by atoms with E-state index in [1.165, 1.54) is 49.7 Å². The molecular formula is C55H36N2O. The molecule has 3 heteroatoms. The molecule has 12 rings (SSSR count). The van der Waals surface area contributed by atoms with Crippen LogP contribution in [0.5, 0.6) is 11.5 Å². The fourth-order valence-corrected chi connectivity index (χ4v) is 9.80. The average Bonchev–Trinajstić information content (AvgIpc) is 3.80. The second-order valence-corrected chi connectivity index (χ2v) is 15.3. The highest BCUT2D eigenvalue weighted by molar-refractivity contribution is 6.12. The van der Waals surface area contributed by atoms with Gasteiger partial charge in [0.2, 0.25) is 0 Å². The maximum atomic E-state index is 6.61. The number of nitrogens with zero attached hydrogens (tertiary/aromatic N) is 2. The van der Waals surface area contributed by atoms with Crippen LogP contribution in [-0.2, 0) is 5.41 Å². The van der Waals surface area contributed by atoms with E-state index in [4.69, 9.17) is 4.74 Å². The molecular weight excluding hydrogens is 705 g/mol. The Morgan fingerprint density at radius 3 is 1.67 bits per heavy atom. The molecule has 272 valence electrons. The standard InChI is InChI=1S/C55H36N2O/c1-3-14-39(15-4-1)55(48-22-10-7-18-44(48)45-19-8-11-23-49(45)55)40-29-33-43(34-30-40)56(41-16-5-2-6-17-41)42-31-26-37(27-32-42)38-28-35-51-53(36-38)58-52-25-13-21-47-46-20-9-12-24-50(46)57(51)54(47)52/h1-36H. The molecule has 0 atom stereocenters. The molecule has 0 fully saturated rings. The third-order valence-corrected chi connectivity index (χ3v) is 12.3. The van der Waals surface area contributed by atoms with Gasteiger partial charge in [0.1, 0.15) is 0 Å². The average molecular weight is 741 g/mol. The maximum Gasteiger partial charge on any atom is 0.152 e. The van der Waals surface area contributed by atoms with Gasteiger partial charge in [-0.15, -0.1) is 0 Å². The largest absolute Gasteiger partial charge is 0.453 e. The van der Waals surface area contributed by atoms with Gasteiger partial charge in [0, 0.05) is 27.8 Å². The zero-order valence-electron chi connectivity index (χ0n) is 31.6. The lowest BCUT2D eigenvalue weighted by Gasteiger charge is -2.34. The van der Waals surface area contributed by atoms with Crippen LogP contribution in [0, 0.1) is 0 Å². The van der Waals surface area contributed by atoms with E-state index in [0.29, 0.717) is 0 Å². The van der Waals surface area contributed by atoms with Crippen LogP contribution in [0.1, 0.15) is 22.3 Å². The van der Waals surface area contributed by atoms with E-state index in [1.807, 2.05) is 0 Å². The first-order valence-corrected chi connectivity index (χ1v) is 19.9. The van der Waals surface area contributed by atoms with Crippen molar-refractivity contribution in [2.75, 3.05) is 4.90 Å². The van der Waals surface area contributed by atoms with Crippen molar-refractivity contribution < 1.29 is 4.74 Å². The van der Waals surface area contributed by atoms with Crippen molar-refractivity contribution in [3.05, 3.63) is 241 Å². The molecule has 10 aromatic rings. The number of para-hydroxylation sites is 3. The second-order valence-electron chi connectivity index (χ2n) is 15.3. The summed E-state index contributed by atoms with van der Waals surface area (Å²) in [7, 11) is 0. The number of hydrogen-bond acceptors (Lipinski definition) is 2. The van der Waals surface area contributed by atoms with Gasteiger partial charge in [-0.3, -0.25) is 0 Å². The van der Waals surface area contributed by atoms with Crippen molar-refractivity contribution in [1.29, 1.82) is 0 Å². The SMILES string of the molecule is c1ccc(N(c2ccc(-c3ccc4c(c3)Oc3cccc5c6ccccc6n-4c35)cc2)c2ccc(C3(c4ccccc4)c4ccccc4-c4ccccc43)cc2)cc1. The first kappa shape index (κ1) is 32.6. The number of hydrogen-bond donors (Lipinski definition) is 0. The predicted molar refractivity (Wildman–Crippen MR) is 238 cm³/mol. The van der Waals surface area contributed by atoms with E-state index in [0.717, 1.165) is 50.9 Å². The predicted octanol–water partition coefficient (Wildman–Crippen LogP) is 14.4. The van der Waals surface area contributed by atoms with Crippen LogP contribution < -0.4 is 9.64 Å². The fourth-order valence-electron chi connectivity index (χ4n) is 9.80. The molecule has 0 amide bonds. The van der Waals surface area contributed by atoms with E-state index < -0.39 is 5.41 Å². The molecule has 0 N–H and O–H groups in total. The molecule has 1 aromatic heterocycles. The minimum Gasteiger partial charge on any atom is -0.453 e. The normalized spacial score (nSPS) is 13.1. The zero-order chi connectivity index (χ0) is 38.2. The Bertz CT molecular complexity index is 3140. The third kappa shape index (κ3) is 4.68. The van der Waals surface area contributed by atoms with Crippen LogP contribution in [0.3, 0.4) is 0 Å². The maximum absolute atomic E-state index is 6.61. The molecule has 0 unspecified atom stereocenters. The van der Waals surface area contributed by atoms with Crippen LogP contribution in [0.2, 0.25) is 0 Å². The molecule has 2 heterocycles. The summed E-state index contributed by atoms with van der Waals surface area (Å²) in [5.74, 6) is 1.74. The molecule has 2 aliphatic rings. The molecule has 0 saturated carbocycles. The number of anilines is 3. The van der Waals surface area contributed by atoms with Crippen LogP contribution in [-0.4, -0.2) is 4.57 Å². The molecule has 3 nitrogen and oxygen atoms in total. The Kier molecular flexibility index (Phi) is 7.14. The highest BCUT2D eigenvalue weighted by Gasteiger charge is 2.45. The van der Waals surface area contributed by atoms with Crippen molar-refractivity contribution in [2.45, 2.75) is 5.41 Å². The van der Waals surface area contributed by atoms with E-state index in [9.17, 15) is 0 Å². The van der Waals surface area contributed by atoms with Crippen molar-refractivity contribution in [3.63, 3.8) is 0 Å². The molecule has 58 heavy (non-hydrogen) atoms. The van der Waals surface area contributed by atoms with Crippen molar-refractivity contribution in [2.24, 2.45) is 0 Å². The molecule has 0 bridgehead atoms. The Hall–Kier alpha value is -7.62. The lowest BCUT2D eigenvalue weighted by atomic mass is 9.68. The summed E-state index contributed by atoms with van der Waals surface area (Å²) in [4.78, 5) is 2.34. The smallest absolute Gasteiger partial charge is 0.152 e. The number of aromatic nitrogens is 1. The Labute approximate surface area is 337 Å². The lowest BCUT2D eigenvalue weighted by Crippen LogP contribution is -2.28. The van der Waals surface area contributed by atoms with E-state index in [-0.39, 0.29) is 0 Å². The van der Waals surface area contributed by atoms with Gasteiger partial charge in [-0.05, 0) is 105 Å². The molecule has 1 aliphatic carbocycles. The molecule has 0 radical (unpaired) electrons. The van der Waals surface area contributed by atoms with E-state index >= 15 is 0 Å². The Morgan fingerprint density at radius 2 is 0.948 bits per heavy atom. The van der Waals surface area contributed by atoms with Gasteiger partial charge < -0.3 is 14.2 Å². The van der Waals surface area contributed by atoms with E-state index in [2.05, 4.69) is 228 Å². The van der Waals surface area contributed by atoms with Crippen molar-refractivity contribution in [3.8, 4) is 39.4 Å². The van der Waals surface area contributed by atoms with Gasteiger partial charge in [0.05, 0.1) is 22.1 Å². The van der Waals surface area contributed by atoms with Gasteiger partial charge in [-0.25, -0.2) is 0 Å². The van der Waals surface area contributed by atoms with Gasteiger partial charge in [-0.2, -0.15) is 0 Å². The van der Waals surface area contributed by atoms with Gasteiger partial charge >= 0.3 is 0 Å². The fraction of sp³-hybridized carbons (Fsp3) is 0.0182. The summed E-state index contributed by atoms with van der Waals surface area (Å²) in [6.07, 6.45) is 0.